The maximum absolute atomic E-state index is 12.9. The number of hydrogen-bond acceptors (Lipinski definition) is 4. The summed E-state index contributed by atoms with van der Waals surface area (Å²) in [6.45, 7) is 0.199. The molecule has 18 heavy (non-hydrogen) atoms. The second-order valence-corrected chi connectivity index (χ2v) is 3.71. The third-order valence-corrected chi connectivity index (χ3v) is 2.34. The van der Waals surface area contributed by atoms with Crippen LogP contribution in [0.5, 0.6) is 11.5 Å². The average Bonchev–Trinajstić information content (AvgIpc) is 2.37. The van der Waals surface area contributed by atoms with Crippen molar-refractivity contribution in [1.82, 2.24) is 4.98 Å². The van der Waals surface area contributed by atoms with E-state index in [2.05, 4.69) is 4.98 Å². The lowest BCUT2D eigenvalue weighted by Crippen LogP contribution is -1.99. The summed E-state index contributed by atoms with van der Waals surface area (Å²) in [5.74, 6) is 0.700. The summed E-state index contributed by atoms with van der Waals surface area (Å²) in [7, 11) is 1.54. The van der Waals surface area contributed by atoms with E-state index in [9.17, 15) is 4.39 Å². The second kappa shape index (κ2) is 5.35. The Morgan fingerprint density at radius 1 is 1.22 bits per heavy atom. The monoisotopic (exact) mass is 248 g/mol. The van der Waals surface area contributed by atoms with Crippen molar-refractivity contribution in [3.63, 3.8) is 0 Å². The first-order valence-electron chi connectivity index (χ1n) is 5.35. The summed E-state index contributed by atoms with van der Waals surface area (Å²) in [6, 6.07) is 6.46. The Kier molecular flexibility index (Phi) is 3.62. The minimum Gasteiger partial charge on any atom is -0.493 e. The Labute approximate surface area is 104 Å². The number of nitrogens with two attached hydrogens (primary N) is 1. The number of aromatic nitrogens is 1. The molecule has 2 aromatic rings. The molecule has 0 unspecified atom stereocenters. The van der Waals surface area contributed by atoms with Gasteiger partial charge < -0.3 is 15.2 Å². The zero-order chi connectivity index (χ0) is 13.0. The molecule has 1 aromatic heterocycles. The van der Waals surface area contributed by atoms with Gasteiger partial charge in [0.05, 0.1) is 13.3 Å². The maximum atomic E-state index is 12.9. The van der Waals surface area contributed by atoms with E-state index in [0.29, 0.717) is 22.7 Å². The molecule has 0 bridgehead atoms. The number of methoxy groups -OCH3 is 1. The summed E-state index contributed by atoms with van der Waals surface area (Å²) in [5, 5.41) is 0. The Morgan fingerprint density at radius 3 is 2.78 bits per heavy atom. The number of ether oxygens (including phenoxy) is 2. The molecule has 0 saturated carbocycles. The van der Waals surface area contributed by atoms with Gasteiger partial charge in [0.15, 0.2) is 11.5 Å². The molecule has 4 nitrogen and oxygen atoms in total. The van der Waals surface area contributed by atoms with E-state index in [1.165, 1.54) is 6.07 Å². The zero-order valence-corrected chi connectivity index (χ0v) is 9.89. The van der Waals surface area contributed by atoms with Crippen LogP contribution in [-0.2, 0) is 6.61 Å². The molecule has 0 radical (unpaired) electrons. The molecule has 2 N–H and O–H groups in total. The van der Waals surface area contributed by atoms with Crippen LogP contribution in [-0.4, -0.2) is 12.1 Å². The summed E-state index contributed by atoms with van der Waals surface area (Å²) < 4.78 is 23.6. The first-order chi connectivity index (χ1) is 8.69. The zero-order valence-electron chi connectivity index (χ0n) is 9.89. The highest BCUT2D eigenvalue weighted by Crippen LogP contribution is 2.29. The number of nitrogens with zero attached hydrogens (tertiary/aromatic N) is 1. The van der Waals surface area contributed by atoms with Gasteiger partial charge in [0.1, 0.15) is 12.4 Å². The third-order valence-electron chi connectivity index (χ3n) is 2.34. The summed E-state index contributed by atoms with van der Waals surface area (Å²) in [6.07, 6.45) is 2.69. The van der Waals surface area contributed by atoms with Crippen LogP contribution in [0.4, 0.5) is 10.1 Å². The smallest absolute Gasteiger partial charge is 0.163 e. The Bertz CT molecular complexity index is 546. The van der Waals surface area contributed by atoms with Crippen molar-refractivity contribution in [3.05, 3.63) is 48.0 Å². The van der Waals surface area contributed by atoms with Gasteiger partial charge in [-0.15, -0.1) is 0 Å². The van der Waals surface area contributed by atoms with E-state index >= 15 is 0 Å². The van der Waals surface area contributed by atoms with Crippen molar-refractivity contribution < 1.29 is 13.9 Å². The van der Waals surface area contributed by atoms with Crippen LogP contribution in [0.2, 0.25) is 0 Å². The quantitative estimate of drug-likeness (QED) is 0.844. The number of nitrogen functional groups attached to an aromatic ring is 1. The van der Waals surface area contributed by atoms with Gasteiger partial charge in [0, 0.05) is 23.5 Å². The van der Waals surface area contributed by atoms with Crippen LogP contribution in [0.15, 0.2) is 36.7 Å². The first kappa shape index (κ1) is 12.2. The van der Waals surface area contributed by atoms with Crippen molar-refractivity contribution >= 4 is 5.69 Å². The van der Waals surface area contributed by atoms with Crippen molar-refractivity contribution in [2.24, 2.45) is 0 Å². The van der Waals surface area contributed by atoms with E-state index in [1.807, 2.05) is 0 Å². The van der Waals surface area contributed by atoms with Crippen LogP contribution in [0.25, 0.3) is 0 Å². The van der Waals surface area contributed by atoms with Crippen LogP contribution in [0.3, 0.4) is 0 Å². The molecule has 5 heteroatoms. The predicted molar refractivity (Wildman–Crippen MR) is 65.9 cm³/mol. The fourth-order valence-corrected chi connectivity index (χ4v) is 1.50. The normalized spacial score (nSPS) is 10.1. The first-order valence-corrected chi connectivity index (χ1v) is 5.35. The summed E-state index contributed by atoms with van der Waals surface area (Å²) in [4.78, 5) is 3.75. The molecule has 1 heterocycles. The molecular formula is C13H13FN2O2. The van der Waals surface area contributed by atoms with E-state index < -0.39 is 5.82 Å². The number of hydrogen-bond donors (Lipinski definition) is 1. The van der Waals surface area contributed by atoms with Crippen LogP contribution < -0.4 is 15.2 Å². The fraction of sp³-hybridized carbons (Fsp3) is 0.154. The largest absolute Gasteiger partial charge is 0.493 e. The highest BCUT2D eigenvalue weighted by molar-refractivity contribution is 5.51. The minimum atomic E-state index is -0.393. The van der Waals surface area contributed by atoms with Gasteiger partial charge in [0.25, 0.3) is 0 Å². The summed E-state index contributed by atoms with van der Waals surface area (Å²) in [5.41, 5.74) is 6.88. The Balaban J connectivity index is 2.12. The lowest BCUT2D eigenvalue weighted by atomic mass is 10.2. The molecule has 0 aliphatic carbocycles. The topological polar surface area (TPSA) is 57.4 Å². The van der Waals surface area contributed by atoms with Crippen molar-refractivity contribution in [2.45, 2.75) is 6.61 Å². The number of benzene rings is 1. The molecule has 0 amide bonds. The molecule has 0 fully saturated rings. The van der Waals surface area contributed by atoms with Gasteiger partial charge in [-0.05, 0) is 18.2 Å². The van der Waals surface area contributed by atoms with Crippen molar-refractivity contribution in [1.29, 1.82) is 0 Å². The maximum Gasteiger partial charge on any atom is 0.163 e. The van der Waals surface area contributed by atoms with Crippen molar-refractivity contribution in [3.8, 4) is 11.5 Å². The number of rotatable bonds is 4. The molecule has 0 spiro atoms. The fourth-order valence-electron chi connectivity index (χ4n) is 1.50. The van der Waals surface area contributed by atoms with Gasteiger partial charge in [-0.25, -0.2) is 4.39 Å². The second-order valence-electron chi connectivity index (χ2n) is 3.71. The van der Waals surface area contributed by atoms with E-state index in [1.54, 1.807) is 31.5 Å². The molecule has 0 saturated heterocycles. The van der Waals surface area contributed by atoms with Gasteiger partial charge >= 0.3 is 0 Å². The number of pyridine rings is 1. The third kappa shape index (κ3) is 2.88. The van der Waals surface area contributed by atoms with Crippen LogP contribution in [0.1, 0.15) is 5.56 Å². The van der Waals surface area contributed by atoms with Gasteiger partial charge in [-0.1, -0.05) is 0 Å². The lowest BCUT2D eigenvalue weighted by Gasteiger charge is -2.11. The number of halogens is 1. The van der Waals surface area contributed by atoms with E-state index in [0.717, 1.165) is 6.20 Å². The Hall–Kier alpha value is -2.30. The van der Waals surface area contributed by atoms with Crippen LogP contribution in [0, 0.1) is 5.82 Å². The average molecular weight is 248 g/mol. The highest BCUT2D eigenvalue weighted by Gasteiger charge is 2.05. The molecule has 0 atom stereocenters. The molecule has 0 aliphatic heterocycles. The lowest BCUT2D eigenvalue weighted by molar-refractivity contribution is 0.284. The van der Waals surface area contributed by atoms with Crippen LogP contribution >= 0.6 is 0 Å². The Morgan fingerprint density at radius 2 is 2.06 bits per heavy atom. The molecular weight excluding hydrogens is 235 g/mol. The predicted octanol–water partition coefficient (Wildman–Crippen LogP) is 2.39. The molecule has 94 valence electrons. The molecule has 0 aliphatic rings. The van der Waals surface area contributed by atoms with E-state index in [4.69, 9.17) is 15.2 Å². The molecule has 2 rings (SSSR count). The summed E-state index contributed by atoms with van der Waals surface area (Å²) >= 11 is 0. The number of anilines is 1. The highest BCUT2D eigenvalue weighted by atomic mass is 19.1. The van der Waals surface area contributed by atoms with Crippen molar-refractivity contribution in [2.75, 3.05) is 12.8 Å². The SMILES string of the molecule is COc1ccc(N)cc1OCc1cncc(F)c1. The van der Waals surface area contributed by atoms with Gasteiger partial charge in [0.2, 0.25) is 0 Å². The minimum absolute atomic E-state index is 0.199. The van der Waals surface area contributed by atoms with Gasteiger partial charge in [-0.3, -0.25) is 4.98 Å². The van der Waals surface area contributed by atoms with Gasteiger partial charge in [-0.2, -0.15) is 0 Å². The molecule has 1 aromatic carbocycles. The standard InChI is InChI=1S/C13H13FN2O2/c1-17-12-3-2-11(15)5-13(12)18-8-9-4-10(14)7-16-6-9/h2-7H,8,15H2,1H3. The van der Waals surface area contributed by atoms with E-state index in [-0.39, 0.29) is 6.61 Å².